The maximum atomic E-state index is 14.0. The second-order valence-electron chi connectivity index (χ2n) is 6.20. The molecule has 1 atom stereocenters. The smallest absolute Gasteiger partial charge is 0.235 e. The van der Waals surface area contributed by atoms with E-state index in [-0.39, 0.29) is 17.0 Å². The van der Waals surface area contributed by atoms with E-state index in [2.05, 4.69) is 17.1 Å². The van der Waals surface area contributed by atoms with Crippen molar-refractivity contribution in [1.82, 2.24) is 19.7 Å². The van der Waals surface area contributed by atoms with Crippen LogP contribution in [0.25, 0.3) is 5.69 Å². The van der Waals surface area contributed by atoms with Crippen LogP contribution < -0.4 is 0 Å². The number of nitrogens with zero attached hydrogens (tertiary/aromatic N) is 4. The zero-order valence-corrected chi connectivity index (χ0v) is 14.7. The molecule has 0 N–H and O–H groups in total. The van der Waals surface area contributed by atoms with Crippen molar-refractivity contribution in [2.24, 2.45) is 5.92 Å². The monoisotopic (exact) mass is 348 g/mol. The normalized spacial score (nSPS) is 17.0. The molecule has 1 saturated heterocycles. The zero-order valence-electron chi connectivity index (χ0n) is 13.9. The van der Waals surface area contributed by atoms with Crippen LogP contribution in [0.2, 0.25) is 0 Å². The number of benzene rings is 1. The maximum absolute atomic E-state index is 14.0. The lowest BCUT2D eigenvalue weighted by molar-refractivity contribution is -0.131. The molecule has 2 heterocycles. The zero-order chi connectivity index (χ0) is 17.1. The highest BCUT2D eigenvalue weighted by atomic mass is 32.2. The third kappa shape index (κ3) is 3.61. The molecule has 0 bridgehead atoms. The van der Waals surface area contributed by atoms with E-state index in [4.69, 9.17) is 0 Å². The summed E-state index contributed by atoms with van der Waals surface area (Å²) in [6.07, 6.45) is 3.57. The molecule has 7 heteroatoms. The summed E-state index contributed by atoms with van der Waals surface area (Å²) in [6.45, 7) is 5.71. The molecule has 1 aromatic carbocycles. The van der Waals surface area contributed by atoms with Gasteiger partial charge >= 0.3 is 0 Å². The molecule has 1 aliphatic heterocycles. The van der Waals surface area contributed by atoms with Gasteiger partial charge in [-0.25, -0.2) is 4.39 Å². The Morgan fingerprint density at radius 2 is 2.04 bits per heavy atom. The highest BCUT2D eigenvalue weighted by molar-refractivity contribution is 8.00. The minimum atomic E-state index is -0.344. The Hall–Kier alpha value is -1.89. The van der Waals surface area contributed by atoms with E-state index in [0.717, 1.165) is 25.9 Å². The average molecular weight is 348 g/mol. The van der Waals surface area contributed by atoms with Crippen molar-refractivity contribution in [1.29, 1.82) is 0 Å². The Morgan fingerprint density at radius 3 is 2.75 bits per heavy atom. The fraction of sp³-hybridized carbons (Fsp3) is 0.471. The van der Waals surface area contributed by atoms with E-state index in [1.807, 2.05) is 11.8 Å². The number of para-hydroxylation sites is 1. The molecular weight excluding hydrogens is 327 g/mol. The first-order valence-electron chi connectivity index (χ1n) is 8.16. The number of hydrogen-bond donors (Lipinski definition) is 0. The van der Waals surface area contributed by atoms with E-state index in [1.54, 1.807) is 22.8 Å². The third-order valence-corrected chi connectivity index (χ3v) is 5.40. The van der Waals surface area contributed by atoms with Gasteiger partial charge in [0.2, 0.25) is 5.91 Å². The lowest BCUT2D eigenvalue weighted by Crippen LogP contribution is -2.41. The fourth-order valence-electron chi connectivity index (χ4n) is 2.81. The summed E-state index contributed by atoms with van der Waals surface area (Å²) in [7, 11) is 0. The van der Waals surface area contributed by atoms with Crippen LogP contribution >= 0.6 is 11.8 Å². The summed E-state index contributed by atoms with van der Waals surface area (Å²) >= 11 is 1.31. The van der Waals surface area contributed by atoms with Crippen molar-refractivity contribution in [3.63, 3.8) is 0 Å². The van der Waals surface area contributed by atoms with E-state index < -0.39 is 0 Å². The minimum absolute atomic E-state index is 0.106. The predicted molar refractivity (Wildman–Crippen MR) is 91.6 cm³/mol. The lowest BCUT2D eigenvalue weighted by atomic mass is 9.99. The molecule has 1 amide bonds. The number of carbonyl (C=O) groups excluding carboxylic acids is 1. The lowest BCUT2D eigenvalue weighted by Gasteiger charge is -2.31. The first-order valence-corrected chi connectivity index (χ1v) is 9.04. The van der Waals surface area contributed by atoms with Crippen molar-refractivity contribution in [2.75, 3.05) is 13.1 Å². The van der Waals surface area contributed by atoms with E-state index in [1.165, 1.54) is 24.2 Å². The second-order valence-corrected chi connectivity index (χ2v) is 7.51. The van der Waals surface area contributed by atoms with Crippen LogP contribution in [0.1, 0.15) is 26.7 Å². The molecule has 1 fully saturated rings. The standard InChI is InChI=1S/C17H21FN4OS/c1-12-7-9-21(10-8-12)16(23)13(2)24-17-20-19-11-22(17)15-6-4-3-5-14(15)18/h3-6,11-13H,7-10H2,1-2H3. The summed E-state index contributed by atoms with van der Waals surface area (Å²) in [5.74, 6) is 0.444. The number of amides is 1. The number of thioether (sulfide) groups is 1. The largest absolute Gasteiger partial charge is 0.342 e. The van der Waals surface area contributed by atoms with Crippen LogP contribution in [0.15, 0.2) is 35.7 Å². The number of likely N-dealkylation sites (tertiary alicyclic amines) is 1. The molecule has 0 radical (unpaired) electrons. The van der Waals surface area contributed by atoms with Gasteiger partial charge < -0.3 is 4.90 Å². The van der Waals surface area contributed by atoms with Gasteiger partial charge in [0.25, 0.3) is 0 Å². The maximum Gasteiger partial charge on any atom is 0.235 e. The Bertz CT molecular complexity index is 712. The van der Waals surface area contributed by atoms with Gasteiger partial charge in [0.15, 0.2) is 5.16 Å². The second kappa shape index (κ2) is 7.34. The number of hydrogen-bond acceptors (Lipinski definition) is 4. The van der Waals surface area contributed by atoms with Gasteiger partial charge in [-0.2, -0.15) is 0 Å². The van der Waals surface area contributed by atoms with Crippen LogP contribution in [0, 0.1) is 11.7 Å². The molecule has 0 aliphatic carbocycles. The fourth-order valence-corrected chi connectivity index (χ4v) is 3.73. The van der Waals surface area contributed by atoms with Crippen LogP contribution in [0.5, 0.6) is 0 Å². The molecule has 5 nitrogen and oxygen atoms in total. The van der Waals surface area contributed by atoms with Crippen molar-refractivity contribution in [3.05, 3.63) is 36.4 Å². The van der Waals surface area contributed by atoms with Crippen LogP contribution in [0.3, 0.4) is 0 Å². The third-order valence-electron chi connectivity index (χ3n) is 4.35. The number of halogens is 1. The summed E-state index contributed by atoms with van der Waals surface area (Å²) in [4.78, 5) is 14.5. The Morgan fingerprint density at radius 1 is 1.33 bits per heavy atom. The summed E-state index contributed by atoms with van der Waals surface area (Å²) in [6, 6.07) is 6.46. The number of piperidine rings is 1. The van der Waals surface area contributed by atoms with Crippen LogP contribution in [-0.2, 0) is 4.79 Å². The Kier molecular flexibility index (Phi) is 5.18. The Balaban J connectivity index is 1.72. The SMILES string of the molecule is CC1CCN(C(=O)C(C)Sc2nncn2-c2ccccc2F)CC1. The van der Waals surface area contributed by atoms with E-state index >= 15 is 0 Å². The van der Waals surface area contributed by atoms with Crippen LogP contribution in [-0.4, -0.2) is 43.9 Å². The van der Waals surface area contributed by atoms with Crippen molar-refractivity contribution < 1.29 is 9.18 Å². The molecule has 1 unspecified atom stereocenters. The van der Waals surface area contributed by atoms with Gasteiger partial charge in [0, 0.05) is 13.1 Å². The van der Waals surface area contributed by atoms with Gasteiger partial charge in [-0.05, 0) is 37.8 Å². The molecule has 0 saturated carbocycles. The van der Waals surface area contributed by atoms with Gasteiger partial charge in [0.05, 0.1) is 10.9 Å². The molecule has 1 aromatic heterocycles. The van der Waals surface area contributed by atoms with E-state index in [0.29, 0.717) is 16.8 Å². The molecule has 0 spiro atoms. The molecule has 2 aromatic rings. The minimum Gasteiger partial charge on any atom is -0.342 e. The van der Waals surface area contributed by atoms with Crippen molar-refractivity contribution >= 4 is 17.7 Å². The number of aromatic nitrogens is 3. The van der Waals surface area contributed by atoms with Gasteiger partial charge in [-0.3, -0.25) is 9.36 Å². The quantitative estimate of drug-likeness (QED) is 0.797. The molecule has 3 rings (SSSR count). The highest BCUT2D eigenvalue weighted by Crippen LogP contribution is 2.27. The summed E-state index contributed by atoms with van der Waals surface area (Å²) < 4.78 is 15.6. The Labute approximate surface area is 145 Å². The van der Waals surface area contributed by atoms with Crippen molar-refractivity contribution in [2.45, 2.75) is 37.1 Å². The number of rotatable bonds is 4. The highest BCUT2D eigenvalue weighted by Gasteiger charge is 2.26. The first-order chi connectivity index (χ1) is 11.6. The topological polar surface area (TPSA) is 51.0 Å². The van der Waals surface area contributed by atoms with Gasteiger partial charge in [0.1, 0.15) is 12.1 Å². The van der Waals surface area contributed by atoms with E-state index in [9.17, 15) is 9.18 Å². The number of carbonyl (C=O) groups is 1. The summed E-state index contributed by atoms with van der Waals surface area (Å²) in [5.41, 5.74) is 0.386. The molecular formula is C17H21FN4OS. The molecule has 128 valence electrons. The first kappa shape index (κ1) is 17.0. The molecule has 24 heavy (non-hydrogen) atoms. The van der Waals surface area contributed by atoms with Crippen LogP contribution in [0.4, 0.5) is 4.39 Å². The van der Waals surface area contributed by atoms with Gasteiger partial charge in [-0.15, -0.1) is 10.2 Å². The predicted octanol–water partition coefficient (Wildman–Crippen LogP) is 3.15. The average Bonchev–Trinajstić information content (AvgIpc) is 3.03. The van der Waals surface area contributed by atoms with Crippen molar-refractivity contribution in [3.8, 4) is 5.69 Å². The summed E-state index contributed by atoms with van der Waals surface area (Å²) in [5, 5.41) is 8.16. The van der Waals surface area contributed by atoms with Gasteiger partial charge in [-0.1, -0.05) is 30.8 Å². The molecule has 1 aliphatic rings.